The van der Waals surface area contributed by atoms with Crippen LogP contribution in [0.5, 0.6) is 0 Å². The number of fused-ring (bicyclic) bond motifs is 1. The molecule has 0 N–H and O–H groups in total. The van der Waals surface area contributed by atoms with Crippen LogP contribution in [0.4, 0.5) is 5.69 Å². The number of hydrogen-bond donors (Lipinski definition) is 0. The number of hydrogen-bond acceptors (Lipinski definition) is 3. The van der Waals surface area contributed by atoms with Gasteiger partial charge in [-0.3, -0.25) is 0 Å². The summed E-state index contributed by atoms with van der Waals surface area (Å²) >= 11 is 0. The first kappa shape index (κ1) is 14.0. The van der Waals surface area contributed by atoms with Crippen molar-refractivity contribution < 1.29 is 9.31 Å². The molecule has 1 saturated heterocycles. The molecule has 0 amide bonds. The van der Waals surface area contributed by atoms with Crippen LogP contribution >= 0.6 is 0 Å². The van der Waals surface area contributed by atoms with Crippen molar-refractivity contribution in [1.29, 1.82) is 0 Å². The van der Waals surface area contributed by atoms with Crippen LogP contribution in [0.3, 0.4) is 0 Å². The van der Waals surface area contributed by atoms with Crippen LogP contribution in [0.15, 0.2) is 18.2 Å². The average Bonchev–Trinajstić information content (AvgIpc) is 2.88. The largest absolute Gasteiger partial charge is 0.496 e. The van der Waals surface area contributed by atoms with Crippen LogP contribution < -0.4 is 10.4 Å². The van der Waals surface area contributed by atoms with E-state index in [1.165, 1.54) is 16.7 Å². The summed E-state index contributed by atoms with van der Waals surface area (Å²) in [5.74, 6) is 0. The molecule has 0 aliphatic carbocycles. The topological polar surface area (TPSA) is 21.7 Å². The Bertz CT molecular complexity index is 511. The lowest BCUT2D eigenvalue weighted by atomic mass is 9.77. The lowest BCUT2D eigenvalue weighted by Gasteiger charge is -2.32. The van der Waals surface area contributed by atoms with Crippen LogP contribution in [0.25, 0.3) is 0 Å². The molecule has 1 aromatic carbocycles. The Kier molecular flexibility index (Phi) is 3.14. The Morgan fingerprint density at radius 2 is 1.80 bits per heavy atom. The highest BCUT2D eigenvalue weighted by Crippen LogP contribution is 2.38. The maximum Gasteiger partial charge on any atom is 0.496 e. The van der Waals surface area contributed by atoms with E-state index in [1.54, 1.807) is 0 Å². The molecule has 0 atom stereocenters. The van der Waals surface area contributed by atoms with Gasteiger partial charge in [0.15, 0.2) is 0 Å². The van der Waals surface area contributed by atoms with Crippen LogP contribution in [0.2, 0.25) is 0 Å². The fraction of sp³-hybridized carbons (Fsp3) is 0.625. The van der Waals surface area contributed by atoms with Gasteiger partial charge in [-0.2, -0.15) is 0 Å². The first-order chi connectivity index (χ1) is 9.36. The molecular formula is C16H24BNO2. The number of likely N-dealkylation sites (N-methyl/N-ethyl adjacent to an activating group) is 1. The zero-order valence-electron chi connectivity index (χ0n) is 13.2. The summed E-state index contributed by atoms with van der Waals surface area (Å²) in [6, 6.07) is 6.49. The Morgan fingerprint density at radius 1 is 1.15 bits per heavy atom. The maximum atomic E-state index is 6.22. The van der Waals surface area contributed by atoms with Crippen LogP contribution in [0, 0.1) is 0 Å². The molecular weight excluding hydrogens is 249 g/mol. The highest BCUT2D eigenvalue weighted by atomic mass is 16.7. The predicted octanol–water partition coefficient (Wildman–Crippen LogP) is 2.37. The molecule has 4 heteroatoms. The van der Waals surface area contributed by atoms with E-state index in [1.807, 2.05) is 0 Å². The van der Waals surface area contributed by atoms with Crippen molar-refractivity contribution in [3.63, 3.8) is 0 Å². The molecule has 0 radical (unpaired) electrons. The zero-order valence-corrected chi connectivity index (χ0v) is 13.2. The summed E-state index contributed by atoms with van der Waals surface area (Å²) in [6.07, 6.45) is 1.12. The number of anilines is 1. The van der Waals surface area contributed by atoms with Crippen LogP contribution in [-0.4, -0.2) is 31.4 Å². The predicted molar refractivity (Wildman–Crippen MR) is 83.7 cm³/mol. The molecule has 0 aromatic heterocycles. The summed E-state index contributed by atoms with van der Waals surface area (Å²) in [5, 5.41) is 0. The quantitative estimate of drug-likeness (QED) is 0.772. The molecule has 2 heterocycles. The van der Waals surface area contributed by atoms with Crippen molar-refractivity contribution in [3.8, 4) is 0 Å². The van der Waals surface area contributed by atoms with E-state index in [4.69, 9.17) is 9.31 Å². The molecule has 3 rings (SSSR count). The van der Waals surface area contributed by atoms with Crippen molar-refractivity contribution in [2.24, 2.45) is 0 Å². The van der Waals surface area contributed by atoms with Crippen LogP contribution in [-0.2, 0) is 15.7 Å². The second-order valence-electron chi connectivity index (χ2n) is 6.77. The molecule has 3 nitrogen and oxygen atoms in total. The monoisotopic (exact) mass is 273 g/mol. The van der Waals surface area contributed by atoms with Crippen molar-refractivity contribution in [2.75, 3.05) is 18.0 Å². The van der Waals surface area contributed by atoms with Crippen molar-refractivity contribution in [3.05, 3.63) is 23.8 Å². The molecule has 2 aliphatic rings. The lowest BCUT2D eigenvalue weighted by molar-refractivity contribution is 0.00578. The highest BCUT2D eigenvalue weighted by Gasteiger charge is 2.52. The molecule has 1 aromatic rings. The van der Waals surface area contributed by atoms with Gasteiger partial charge < -0.3 is 14.2 Å². The minimum atomic E-state index is -0.282. The van der Waals surface area contributed by atoms with Crippen molar-refractivity contribution in [2.45, 2.75) is 52.2 Å². The average molecular weight is 273 g/mol. The van der Waals surface area contributed by atoms with E-state index in [-0.39, 0.29) is 18.3 Å². The molecule has 0 spiro atoms. The van der Waals surface area contributed by atoms with E-state index in [2.05, 4.69) is 57.7 Å². The molecule has 0 saturated carbocycles. The lowest BCUT2D eigenvalue weighted by Crippen LogP contribution is -2.41. The highest BCUT2D eigenvalue weighted by molar-refractivity contribution is 6.64. The van der Waals surface area contributed by atoms with Crippen molar-refractivity contribution in [1.82, 2.24) is 0 Å². The summed E-state index contributed by atoms with van der Waals surface area (Å²) in [4.78, 5) is 2.43. The third-order valence-corrected chi connectivity index (χ3v) is 5.01. The Labute approximate surface area is 122 Å². The van der Waals surface area contributed by atoms with Gasteiger partial charge in [-0.05, 0) is 46.6 Å². The molecule has 2 aliphatic heterocycles. The summed E-state index contributed by atoms with van der Waals surface area (Å²) < 4.78 is 12.4. The minimum absolute atomic E-state index is 0.262. The zero-order chi connectivity index (χ0) is 14.5. The van der Waals surface area contributed by atoms with Gasteiger partial charge in [0.2, 0.25) is 0 Å². The third-order valence-electron chi connectivity index (χ3n) is 5.01. The Balaban J connectivity index is 2.00. The van der Waals surface area contributed by atoms with Gasteiger partial charge in [0.25, 0.3) is 0 Å². The fourth-order valence-corrected chi connectivity index (χ4v) is 3.04. The van der Waals surface area contributed by atoms with Crippen molar-refractivity contribution >= 4 is 18.3 Å². The molecule has 108 valence electrons. The summed E-state index contributed by atoms with van der Waals surface area (Å²) in [6.45, 7) is 12.8. The third kappa shape index (κ3) is 1.97. The first-order valence-corrected chi connectivity index (χ1v) is 7.58. The fourth-order valence-electron chi connectivity index (χ4n) is 3.04. The van der Waals surface area contributed by atoms with Gasteiger partial charge in [-0.1, -0.05) is 18.2 Å². The molecule has 0 bridgehead atoms. The van der Waals surface area contributed by atoms with Gasteiger partial charge in [0.1, 0.15) is 0 Å². The Hall–Kier alpha value is -0.995. The second-order valence-corrected chi connectivity index (χ2v) is 6.77. The number of rotatable bonds is 2. The minimum Gasteiger partial charge on any atom is -0.399 e. The van der Waals surface area contributed by atoms with Gasteiger partial charge in [0, 0.05) is 24.2 Å². The molecule has 1 fully saturated rings. The SMILES string of the molecule is CCN1CCc2cccc(B3OC(C)(C)C(C)(C)O3)c21. The van der Waals surface area contributed by atoms with E-state index in [9.17, 15) is 0 Å². The number of nitrogens with zero attached hydrogens (tertiary/aromatic N) is 1. The smallest absolute Gasteiger partial charge is 0.399 e. The standard InChI is InChI=1S/C16H24BNO2/c1-6-18-11-10-12-8-7-9-13(14(12)18)17-19-15(2,3)16(4,5)20-17/h7-9H,6,10-11H2,1-5H3. The van der Waals surface area contributed by atoms with Gasteiger partial charge in [-0.15, -0.1) is 0 Å². The van der Waals surface area contributed by atoms with Gasteiger partial charge >= 0.3 is 7.12 Å². The van der Waals surface area contributed by atoms with E-state index in [0.29, 0.717) is 0 Å². The van der Waals surface area contributed by atoms with E-state index < -0.39 is 0 Å². The first-order valence-electron chi connectivity index (χ1n) is 7.58. The maximum absolute atomic E-state index is 6.22. The summed E-state index contributed by atoms with van der Waals surface area (Å²) in [5.41, 5.74) is 3.36. The molecule has 0 unspecified atom stereocenters. The second kappa shape index (κ2) is 4.50. The summed E-state index contributed by atoms with van der Waals surface area (Å²) in [7, 11) is -0.262. The normalized spacial score (nSPS) is 23.2. The van der Waals surface area contributed by atoms with Gasteiger partial charge in [0.05, 0.1) is 11.2 Å². The van der Waals surface area contributed by atoms with E-state index in [0.717, 1.165) is 19.5 Å². The number of benzene rings is 1. The Morgan fingerprint density at radius 3 is 2.40 bits per heavy atom. The molecule has 20 heavy (non-hydrogen) atoms. The number of para-hydroxylation sites is 1. The van der Waals surface area contributed by atoms with Crippen LogP contribution in [0.1, 0.15) is 40.2 Å². The van der Waals surface area contributed by atoms with Gasteiger partial charge in [-0.25, -0.2) is 0 Å². The van der Waals surface area contributed by atoms with E-state index >= 15 is 0 Å².